The van der Waals surface area contributed by atoms with Gasteiger partial charge in [0.05, 0.1) is 5.75 Å². The third-order valence-electron chi connectivity index (χ3n) is 3.15. The van der Waals surface area contributed by atoms with E-state index in [0.29, 0.717) is 13.1 Å². The Bertz CT molecular complexity index is 510. The van der Waals surface area contributed by atoms with Crippen molar-refractivity contribution in [1.82, 2.24) is 10.2 Å². The first-order valence-corrected chi connectivity index (χ1v) is 8.51. The summed E-state index contributed by atoms with van der Waals surface area (Å²) in [5.41, 5.74) is 0. The van der Waals surface area contributed by atoms with Gasteiger partial charge in [-0.05, 0) is 19.3 Å². The monoisotopic (exact) mass is 320 g/mol. The number of rotatable bonds is 6. The predicted molar refractivity (Wildman–Crippen MR) is 74.3 cm³/mol. The summed E-state index contributed by atoms with van der Waals surface area (Å²) in [6, 6.07) is -1.54. The number of nitrogens with one attached hydrogen (secondary N) is 1. The molecule has 0 bridgehead atoms. The highest BCUT2D eigenvalue weighted by molar-refractivity contribution is 7.92. The van der Waals surface area contributed by atoms with Crippen molar-refractivity contribution in [3.63, 3.8) is 0 Å². The molecule has 1 saturated heterocycles. The van der Waals surface area contributed by atoms with Gasteiger partial charge in [0.2, 0.25) is 11.8 Å². The van der Waals surface area contributed by atoms with E-state index in [4.69, 9.17) is 5.11 Å². The summed E-state index contributed by atoms with van der Waals surface area (Å²) < 4.78 is 23.8. The quantitative estimate of drug-likeness (QED) is 0.648. The van der Waals surface area contributed by atoms with Gasteiger partial charge in [-0.1, -0.05) is 0 Å². The molecule has 1 atom stereocenters. The lowest BCUT2D eigenvalue weighted by molar-refractivity contribution is -0.140. The maximum Gasteiger partial charge on any atom is 0.327 e. The lowest BCUT2D eigenvalue weighted by atomic mass is 10.1. The smallest absolute Gasteiger partial charge is 0.327 e. The number of aliphatic carboxylic acids is 1. The summed E-state index contributed by atoms with van der Waals surface area (Å²) in [6.07, 6.45) is 2.70. The van der Waals surface area contributed by atoms with Crippen LogP contribution in [0.3, 0.4) is 0 Å². The Kier molecular flexibility index (Phi) is 6.13. The van der Waals surface area contributed by atoms with Crippen molar-refractivity contribution in [2.45, 2.75) is 32.2 Å². The standard InChI is InChI=1S/C12H20N2O6S/c1-9(15)13-10(12(17)18)7-21(19,20)8-11(16)14-5-3-2-4-6-14/h10H,2-8H2,1H3,(H,13,15)(H,17,18). The normalized spacial score (nSPS) is 17.1. The third-order valence-corrected chi connectivity index (χ3v) is 4.68. The summed E-state index contributed by atoms with van der Waals surface area (Å²) in [6.45, 7) is 2.16. The molecule has 21 heavy (non-hydrogen) atoms. The Labute approximate surface area is 123 Å². The molecule has 1 fully saturated rings. The van der Waals surface area contributed by atoms with Gasteiger partial charge in [0.25, 0.3) is 0 Å². The second-order valence-corrected chi connectivity index (χ2v) is 7.20. The van der Waals surface area contributed by atoms with Crippen LogP contribution in [0, 0.1) is 0 Å². The SMILES string of the molecule is CC(=O)NC(CS(=O)(=O)CC(=O)N1CCCCC1)C(=O)O. The molecule has 1 heterocycles. The second-order valence-electron chi connectivity index (χ2n) is 5.09. The molecule has 0 aromatic carbocycles. The maximum atomic E-state index is 11.9. The summed E-state index contributed by atoms with van der Waals surface area (Å²) in [5.74, 6) is -4.11. The molecule has 8 nitrogen and oxygen atoms in total. The second kappa shape index (κ2) is 7.39. The van der Waals surface area contributed by atoms with Crippen molar-refractivity contribution in [2.24, 2.45) is 0 Å². The molecule has 1 unspecified atom stereocenters. The van der Waals surface area contributed by atoms with Gasteiger partial charge >= 0.3 is 5.97 Å². The fourth-order valence-corrected chi connectivity index (χ4v) is 3.57. The number of amides is 2. The summed E-state index contributed by atoms with van der Waals surface area (Å²) >= 11 is 0. The summed E-state index contributed by atoms with van der Waals surface area (Å²) in [5, 5.41) is 10.9. The van der Waals surface area contributed by atoms with Crippen LogP contribution < -0.4 is 5.32 Å². The zero-order valence-electron chi connectivity index (χ0n) is 11.9. The van der Waals surface area contributed by atoms with E-state index >= 15 is 0 Å². The molecule has 0 spiro atoms. The van der Waals surface area contributed by atoms with Gasteiger partial charge in [-0.25, -0.2) is 13.2 Å². The zero-order chi connectivity index (χ0) is 16.0. The number of carbonyl (C=O) groups is 3. The van der Waals surface area contributed by atoms with Gasteiger partial charge in [-0.3, -0.25) is 9.59 Å². The lowest BCUT2D eigenvalue weighted by Crippen LogP contribution is -2.46. The van der Waals surface area contributed by atoms with Gasteiger partial charge in [0.1, 0.15) is 11.8 Å². The molecule has 0 radical (unpaired) electrons. The Morgan fingerprint density at radius 3 is 2.24 bits per heavy atom. The van der Waals surface area contributed by atoms with Crippen LogP contribution in [0.25, 0.3) is 0 Å². The molecule has 2 N–H and O–H groups in total. The number of nitrogens with zero attached hydrogens (tertiary/aromatic N) is 1. The number of piperidine rings is 1. The summed E-state index contributed by atoms with van der Waals surface area (Å²) in [7, 11) is -3.91. The van der Waals surface area contributed by atoms with Crippen molar-refractivity contribution in [1.29, 1.82) is 0 Å². The van der Waals surface area contributed by atoms with Crippen LogP contribution in [0.5, 0.6) is 0 Å². The first-order chi connectivity index (χ1) is 9.71. The molecule has 1 aliphatic rings. The summed E-state index contributed by atoms with van der Waals surface area (Å²) in [4.78, 5) is 35.2. The van der Waals surface area contributed by atoms with Gasteiger partial charge in [-0.2, -0.15) is 0 Å². The Hall–Kier alpha value is -1.64. The number of carbonyl (C=O) groups excluding carboxylic acids is 2. The molecule has 0 aromatic rings. The highest BCUT2D eigenvalue weighted by Gasteiger charge is 2.29. The largest absolute Gasteiger partial charge is 0.480 e. The Morgan fingerprint density at radius 1 is 1.19 bits per heavy atom. The van der Waals surface area contributed by atoms with Gasteiger partial charge in [0, 0.05) is 20.0 Å². The third kappa shape index (κ3) is 6.11. The average Bonchev–Trinajstić information content (AvgIpc) is 2.37. The van der Waals surface area contributed by atoms with E-state index in [9.17, 15) is 22.8 Å². The van der Waals surface area contributed by atoms with E-state index in [1.807, 2.05) is 5.32 Å². The number of likely N-dealkylation sites (tertiary alicyclic amines) is 1. The minimum Gasteiger partial charge on any atom is -0.480 e. The van der Waals surface area contributed by atoms with Gasteiger partial charge in [0.15, 0.2) is 9.84 Å². The number of hydrogen-bond acceptors (Lipinski definition) is 5. The van der Waals surface area contributed by atoms with Gasteiger partial charge < -0.3 is 15.3 Å². The van der Waals surface area contributed by atoms with E-state index in [1.165, 1.54) is 4.90 Å². The van der Waals surface area contributed by atoms with Crippen LogP contribution in [-0.4, -0.2) is 66.8 Å². The van der Waals surface area contributed by atoms with Crippen LogP contribution in [0.15, 0.2) is 0 Å². The molecule has 1 aliphatic heterocycles. The maximum absolute atomic E-state index is 11.9. The molecule has 9 heteroatoms. The van der Waals surface area contributed by atoms with Crippen molar-refractivity contribution in [2.75, 3.05) is 24.6 Å². The van der Waals surface area contributed by atoms with E-state index in [1.54, 1.807) is 0 Å². The van der Waals surface area contributed by atoms with Crippen molar-refractivity contribution < 1.29 is 27.9 Å². The van der Waals surface area contributed by atoms with E-state index < -0.39 is 45.2 Å². The molecular formula is C12H20N2O6S. The van der Waals surface area contributed by atoms with E-state index in [0.717, 1.165) is 26.2 Å². The molecule has 120 valence electrons. The van der Waals surface area contributed by atoms with Crippen LogP contribution in [-0.2, 0) is 24.2 Å². The fraction of sp³-hybridized carbons (Fsp3) is 0.750. The minimum atomic E-state index is -3.91. The molecule has 0 saturated carbocycles. The van der Waals surface area contributed by atoms with Gasteiger partial charge in [-0.15, -0.1) is 0 Å². The highest BCUT2D eigenvalue weighted by Crippen LogP contribution is 2.10. The molecule has 2 amide bonds. The van der Waals surface area contributed by atoms with Crippen molar-refractivity contribution >= 4 is 27.6 Å². The van der Waals surface area contributed by atoms with Crippen molar-refractivity contribution in [3.05, 3.63) is 0 Å². The van der Waals surface area contributed by atoms with Crippen LogP contribution in [0.2, 0.25) is 0 Å². The van der Waals surface area contributed by atoms with Crippen LogP contribution in [0.1, 0.15) is 26.2 Å². The number of carboxylic acid groups (broad SMARTS) is 1. The molecular weight excluding hydrogens is 300 g/mol. The average molecular weight is 320 g/mol. The molecule has 0 aromatic heterocycles. The van der Waals surface area contributed by atoms with E-state index in [-0.39, 0.29) is 0 Å². The first-order valence-electron chi connectivity index (χ1n) is 6.69. The Morgan fingerprint density at radius 2 is 1.76 bits per heavy atom. The van der Waals surface area contributed by atoms with Crippen LogP contribution in [0.4, 0.5) is 0 Å². The minimum absolute atomic E-state index is 0.512. The number of hydrogen-bond donors (Lipinski definition) is 2. The fourth-order valence-electron chi connectivity index (χ4n) is 2.16. The topological polar surface area (TPSA) is 121 Å². The molecule has 1 rings (SSSR count). The van der Waals surface area contributed by atoms with Crippen LogP contribution >= 0.6 is 0 Å². The molecule has 0 aliphatic carbocycles. The highest BCUT2D eigenvalue weighted by atomic mass is 32.2. The Balaban J connectivity index is 2.64. The number of sulfone groups is 1. The van der Waals surface area contributed by atoms with E-state index in [2.05, 4.69) is 0 Å². The number of carboxylic acids is 1. The van der Waals surface area contributed by atoms with Crippen molar-refractivity contribution in [3.8, 4) is 0 Å². The zero-order valence-corrected chi connectivity index (χ0v) is 12.7. The lowest BCUT2D eigenvalue weighted by Gasteiger charge is -2.26. The first kappa shape index (κ1) is 17.4. The predicted octanol–water partition coefficient (Wildman–Crippen LogP) is -0.997.